The summed E-state index contributed by atoms with van der Waals surface area (Å²) in [6.07, 6.45) is 0.877. The number of nitrogens with one attached hydrogen (secondary N) is 2. The van der Waals surface area contributed by atoms with Crippen LogP contribution in [0.3, 0.4) is 0 Å². The fourth-order valence-corrected chi connectivity index (χ4v) is 3.76. The number of aliphatic hydroxyl groups is 2. The summed E-state index contributed by atoms with van der Waals surface area (Å²) in [4.78, 5) is 21.9. The van der Waals surface area contributed by atoms with E-state index in [9.17, 15) is 20.2 Å². The Hall–Kier alpha value is -4.08. The van der Waals surface area contributed by atoms with E-state index in [-0.39, 0.29) is 23.5 Å². The van der Waals surface area contributed by atoms with Crippen molar-refractivity contribution in [2.24, 2.45) is 0 Å². The van der Waals surface area contributed by atoms with E-state index in [0.29, 0.717) is 48.9 Å². The van der Waals surface area contributed by atoms with E-state index in [1.54, 1.807) is 26.0 Å². The molecule has 0 fully saturated rings. The zero-order valence-electron chi connectivity index (χ0n) is 20.5. The van der Waals surface area contributed by atoms with Crippen molar-refractivity contribution in [3.63, 3.8) is 0 Å². The highest BCUT2D eigenvalue weighted by Gasteiger charge is 2.28. The van der Waals surface area contributed by atoms with Gasteiger partial charge in [-0.2, -0.15) is 0 Å². The molecule has 0 aliphatic carbocycles. The molecule has 12 nitrogen and oxygen atoms in total. The lowest BCUT2D eigenvalue weighted by atomic mass is 10.1. The second-order valence-corrected chi connectivity index (χ2v) is 7.89. The van der Waals surface area contributed by atoms with Crippen LogP contribution >= 0.6 is 0 Å². The minimum atomic E-state index is -0.427. The number of nitrogens with zero attached hydrogens (tertiary/aromatic N) is 2. The molecule has 2 heterocycles. The topological polar surface area (TPSA) is 169 Å². The summed E-state index contributed by atoms with van der Waals surface area (Å²) in [5.74, 6) is 7.09. The maximum Gasteiger partial charge on any atom is 0.296 e. The highest BCUT2D eigenvalue weighted by atomic mass is 16.6. The third kappa shape index (κ3) is 6.74. The van der Waals surface area contributed by atoms with Crippen LogP contribution in [0.5, 0.6) is 11.5 Å². The Morgan fingerprint density at radius 2 is 1.17 bits per heavy atom. The molecule has 4 rings (SSSR count). The van der Waals surface area contributed by atoms with E-state index >= 15 is 0 Å². The quantitative estimate of drug-likeness (QED) is 0.277. The summed E-state index contributed by atoms with van der Waals surface area (Å²) in [5.41, 5.74) is 2.23. The van der Waals surface area contributed by atoms with Crippen molar-refractivity contribution in [1.82, 2.24) is 0 Å². The number of nitro groups is 2. The van der Waals surface area contributed by atoms with Gasteiger partial charge in [0.05, 0.1) is 21.9 Å². The predicted octanol–water partition coefficient (Wildman–Crippen LogP) is 3.17. The predicted molar refractivity (Wildman–Crippen MR) is 135 cm³/mol. The fourth-order valence-electron chi connectivity index (χ4n) is 3.76. The van der Waals surface area contributed by atoms with Crippen molar-refractivity contribution in [1.29, 1.82) is 0 Å². The van der Waals surface area contributed by atoms with Gasteiger partial charge in [-0.15, -0.1) is 11.8 Å². The lowest BCUT2D eigenvalue weighted by Gasteiger charge is -2.26. The molecule has 4 N–H and O–H groups in total. The second-order valence-electron chi connectivity index (χ2n) is 7.89. The summed E-state index contributed by atoms with van der Waals surface area (Å²) in [6.45, 7) is 4.27. The molecule has 0 spiro atoms. The Balaban J connectivity index is 0.00000109. The second kappa shape index (κ2) is 13.1. The van der Waals surface area contributed by atoms with Crippen LogP contribution in [0.25, 0.3) is 0 Å². The molecule has 0 aromatic heterocycles. The van der Waals surface area contributed by atoms with E-state index < -0.39 is 9.85 Å². The van der Waals surface area contributed by atoms with Crippen LogP contribution in [0.4, 0.5) is 22.7 Å². The smallest absolute Gasteiger partial charge is 0.296 e. The van der Waals surface area contributed by atoms with Crippen molar-refractivity contribution in [2.75, 3.05) is 38.1 Å². The molecule has 2 aromatic carbocycles. The number of rotatable bonds is 4. The minimum Gasteiger partial charge on any atom is -0.489 e. The number of anilines is 2. The van der Waals surface area contributed by atoms with E-state index in [1.807, 2.05) is 0 Å². The average molecular weight is 503 g/mol. The molecule has 12 heteroatoms. The van der Waals surface area contributed by atoms with Crippen molar-refractivity contribution in [3.05, 3.63) is 55.6 Å². The number of fused-ring (bicyclic) bond motifs is 2. The van der Waals surface area contributed by atoms with Gasteiger partial charge in [0, 0.05) is 39.2 Å². The first-order chi connectivity index (χ1) is 17.3. The molecule has 2 aliphatic heterocycles. The molecule has 194 valence electrons. The highest BCUT2D eigenvalue weighted by Crippen LogP contribution is 2.40. The third-order valence-corrected chi connectivity index (χ3v) is 5.24. The fraction of sp³-hybridized carbons (Fsp3) is 0.417. The van der Waals surface area contributed by atoms with Crippen molar-refractivity contribution < 1.29 is 29.5 Å². The van der Waals surface area contributed by atoms with Gasteiger partial charge in [0.25, 0.3) is 11.4 Å². The summed E-state index contributed by atoms with van der Waals surface area (Å²) in [7, 11) is 2.00. The van der Waals surface area contributed by atoms with Crippen molar-refractivity contribution in [3.8, 4) is 23.3 Å². The molecule has 2 atom stereocenters. The van der Waals surface area contributed by atoms with Gasteiger partial charge in [0.1, 0.15) is 24.7 Å². The van der Waals surface area contributed by atoms with Gasteiger partial charge < -0.3 is 30.3 Å². The monoisotopic (exact) mass is 502 g/mol. The Kier molecular flexibility index (Phi) is 10.3. The Morgan fingerprint density at radius 1 is 0.806 bits per heavy atom. The van der Waals surface area contributed by atoms with Crippen LogP contribution in [0, 0.1) is 45.9 Å². The van der Waals surface area contributed by atoms with Crippen LogP contribution in [-0.4, -0.2) is 59.6 Å². The third-order valence-electron chi connectivity index (χ3n) is 5.24. The van der Waals surface area contributed by atoms with Gasteiger partial charge in [0.15, 0.2) is 11.4 Å². The van der Waals surface area contributed by atoms with Crippen LogP contribution < -0.4 is 20.1 Å². The maximum atomic E-state index is 11.4. The normalized spacial score (nSPS) is 16.6. The standard InChI is InChI=1S/C22H22N4O6.2CH4O/c1-13-7-17(25(27)28)21-19(9-13)31-11-15(23-21)5-3-4-6-16-12-32-20-10-14(2)8-18(26(29)30)22(20)24-16;2*1-2/h7-10,15-16,23-24H,5-6,11-12H2,1-2H3;2*2H,1H3/t15-,16?;;/m0../s1. The molecule has 2 aliphatic rings. The lowest BCUT2D eigenvalue weighted by Crippen LogP contribution is -2.32. The molecule has 0 bridgehead atoms. The molecule has 0 saturated carbocycles. The molecule has 2 aromatic rings. The van der Waals surface area contributed by atoms with Crippen LogP contribution in [0.1, 0.15) is 24.0 Å². The zero-order valence-corrected chi connectivity index (χ0v) is 20.5. The molecule has 0 radical (unpaired) electrons. The Bertz CT molecular complexity index is 1070. The van der Waals surface area contributed by atoms with Crippen LogP contribution in [0.15, 0.2) is 24.3 Å². The average Bonchev–Trinajstić information content (AvgIpc) is 2.88. The molecule has 0 saturated heterocycles. The molecule has 0 amide bonds. The molecular formula is C24H30N4O8. The number of hydrogen-bond acceptors (Lipinski definition) is 10. The van der Waals surface area contributed by atoms with Gasteiger partial charge in [0.2, 0.25) is 0 Å². The first kappa shape index (κ1) is 28.2. The summed E-state index contributed by atoms with van der Waals surface area (Å²) < 4.78 is 11.4. The minimum absolute atomic E-state index is 0.0169. The summed E-state index contributed by atoms with van der Waals surface area (Å²) in [6, 6.07) is 6.19. The highest BCUT2D eigenvalue weighted by molar-refractivity contribution is 5.73. The van der Waals surface area contributed by atoms with Crippen molar-refractivity contribution >= 4 is 22.7 Å². The number of benzene rings is 2. The summed E-state index contributed by atoms with van der Waals surface area (Å²) in [5, 5.41) is 43.1. The summed E-state index contributed by atoms with van der Waals surface area (Å²) >= 11 is 0. The number of aliphatic hydroxyl groups excluding tert-OH is 2. The maximum absolute atomic E-state index is 11.4. The Morgan fingerprint density at radius 3 is 1.50 bits per heavy atom. The zero-order chi connectivity index (χ0) is 26.8. The number of ether oxygens (including phenoxy) is 2. The van der Waals surface area contributed by atoms with Crippen LogP contribution in [-0.2, 0) is 0 Å². The SMILES string of the molecule is CO.CO.Cc1cc2c(c([N+](=O)[O-])c1)NC(CC#CC[C@H]1COc3cc(C)cc([N+](=O)[O-])c3N1)CO2. The van der Waals surface area contributed by atoms with Crippen LogP contribution in [0.2, 0.25) is 0 Å². The van der Waals surface area contributed by atoms with E-state index in [4.69, 9.17) is 19.7 Å². The number of hydrogen-bond donors (Lipinski definition) is 4. The van der Waals surface area contributed by atoms with E-state index in [1.165, 1.54) is 12.1 Å². The molecule has 1 unspecified atom stereocenters. The van der Waals surface area contributed by atoms with Gasteiger partial charge in [-0.05, 0) is 37.1 Å². The van der Waals surface area contributed by atoms with Gasteiger partial charge in [-0.25, -0.2) is 0 Å². The van der Waals surface area contributed by atoms with E-state index in [2.05, 4.69) is 22.5 Å². The first-order valence-electron chi connectivity index (χ1n) is 11.0. The molecular weight excluding hydrogens is 472 g/mol. The van der Waals surface area contributed by atoms with E-state index in [0.717, 1.165) is 25.3 Å². The van der Waals surface area contributed by atoms with Gasteiger partial charge >= 0.3 is 0 Å². The van der Waals surface area contributed by atoms with Crippen molar-refractivity contribution in [2.45, 2.75) is 38.8 Å². The Labute approximate surface area is 208 Å². The first-order valence-corrected chi connectivity index (χ1v) is 11.0. The van der Waals surface area contributed by atoms with Gasteiger partial charge in [-0.3, -0.25) is 20.2 Å². The molecule has 36 heavy (non-hydrogen) atoms. The lowest BCUT2D eigenvalue weighted by molar-refractivity contribution is -0.384. The van der Waals surface area contributed by atoms with Gasteiger partial charge in [-0.1, -0.05) is 0 Å². The number of nitro benzene ring substituents is 2. The largest absolute Gasteiger partial charge is 0.489 e. The number of aryl methyl sites for hydroxylation is 2.